The van der Waals surface area contributed by atoms with Crippen molar-refractivity contribution in [3.63, 3.8) is 0 Å². The molecule has 0 radical (unpaired) electrons. The summed E-state index contributed by atoms with van der Waals surface area (Å²) < 4.78 is 0. The first kappa shape index (κ1) is 36.2. The normalized spacial score (nSPS) is 30.5. The number of carbonyl (C=O) groups excluding carboxylic acids is 6. The second-order valence-electron chi connectivity index (χ2n) is 20.6. The van der Waals surface area contributed by atoms with E-state index in [1.165, 1.54) is 0 Å². The highest BCUT2D eigenvalue weighted by molar-refractivity contribution is 6.38. The zero-order valence-electron chi connectivity index (χ0n) is 36.1. The van der Waals surface area contributed by atoms with E-state index < -0.39 is 59.2 Å². The highest BCUT2D eigenvalue weighted by Crippen LogP contribution is 2.70. The van der Waals surface area contributed by atoms with E-state index in [0.717, 1.165) is 66.8 Å². The van der Waals surface area contributed by atoms with Crippen LogP contribution in [0.1, 0.15) is 102 Å². The molecule has 0 fully saturated rings. The third kappa shape index (κ3) is 3.70. The van der Waals surface area contributed by atoms with Gasteiger partial charge in [0.25, 0.3) is 0 Å². The van der Waals surface area contributed by atoms with E-state index in [4.69, 9.17) is 0 Å². The van der Waals surface area contributed by atoms with Crippen LogP contribution in [0.4, 0.5) is 0 Å². The monoisotopic (exact) mass is 874 g/mol. The minimum atomic E-state index is -1.36. The topological polar surface area (TPSA) is 102 Å². The first-order valence-electron chi connectivity index (χ1n) is 23.9. The molecule has 0 amide bonds. The molecule has 15 aliphatic rings. The fourth-order valence-electron chi connectivity index (χ4n) is 16.3. The van der Waals surface area contributed by atoms with Gasteiger partial charge in [-0.15, -0.1) is 0 Å². The van der Waals surface area contributed by atoms with E-state index in [1.54, 1.807) is 0 Å². The lowest BCUT2D eigenvalue weighted by Crippen LogP contribution is -2.57. The molecule has 0 unspecified atom stereocenters. The van der Waals surface area contributed by atoms with Crippen molar-refractivity contribution in [3.05, 3.63) is 268 Å². The summed E-state index contributed by atoms with van der Waals surface area (Å²) in [4.78, 5) is 97.4. The summed E-state index contributed by atoms with van der Waals surface area (Å²) in [5, 5.41) is 0. The van der Waals surface area contributed by atoms with Crippen LogP contribution in [0.2, 0.25) is 0 Å². The van der Waals surface area contributed by atoms with Gasteiger partial charge in [-0.05, 0) is 66.8 Å². The van der Waals surface area contributed by atoms with Crippen molar-refractivity contribution in [2.24, 2.45) is 23.7 Å². The summed E-state index contributed by atoms with van der Waals surface area (Å²) in [7, 11) is 0. The van der Waals surface area contributed by atoms with Gasteiger partial charge in [-0.1, -0.05) is 146 Å². The van der Waals surface area contributed by atoms with Crippen molar-refractivity contribution in [2.45, 2.75) is 35.5 Å². The van der Waals surface area contributed by atoms with Crippen LogP contribution < -0.4 is 0 Å². The molecule has 8 bridgehead atoms. The molecule has 0 N–H and O–H groups in total. The van der Waals surface area contributed by atoms with Crippen LogP contribution in [0.25, 0.3) is 0 Å². The molecule has 6 aromatic rings. The van der Waals surface area contributed by atoms with Crippen LogP contribution in [0.5, 0.6) is 0 Å². The Bertz CT molecular complexity index is 3300. The molecule has 21 rings (SSSR count). The average molecular weight is 875 g/mol. The molecule has 0 saturated carbocycles. The van der Waals surface area contributed by atoms with Gasteiger partial charge in [0, 0.05) is 115 Å². The number of benzene rings is 6. The number of Topliss-reactive ketones (excluding diaryl/α,β-unsaturated/α-hetero) is 6. The largest absolute Gasteiger partial charge is 0.294 e. The molecule has 6 aromatic carbocycles. The zero-order chi connectivity index (χ0) is 44.9. The lowest BCUT2D eigenvalue weighted by molar-refractivity contribution is -0.134. The molecule has 15 aliphatic carbocycles. The van der Waals surface area contributed by atoms with Crippen LogP contribution in [0, 0.1) is 23.7 Å². The van der Waals surface area contributed by atoms with Gasteiger partial charge in [0.2, 0.25) is 0 Å². The van der Waals surface area contributed by atoms with E-state index >= 15 is 28.8 Å². The maximum absolute atomic E-state index is 16.3. The van der Waals surface area contributed by atoms with Crippen molar-refractivity contribution in [1.82, 2.24) is 0 Å². The van der Waals surface area contributed by atoms with E-state index in [2.05, 4.69) is 24.3 Å². The van der Waals surface area contributed by atoms with E-state index in [9.17, 15) is 0 Å². The van der Waals surface area contributed by atoms with Gasteiger partial charge in [0.15, 0.2) is 34.7 Å². The quantitative estimate of drug-likeness (QED) is 0.141. The first-order valence-corrected chi connectivity index (χ1v) is 23.9. The molecular weight excluding hydrogens is 841 g/mol. The Kier molecular flexibility index (Phi) is 6.26. The van der Waals surface area contributed by atoms with Gasteiger partial charge in [0.1, 0.15) is 0 Å². The van der Waals surface area contributed by atoms with Gasteiger partial charge in [0.05, 0.1) is 0 Å². The third-order valence-corrected chi connectivity index (χ3v) is 18.3. The third-order valence-electron chi connectivity index (χ3n) is 18.3. The predicted molar refractivity (Wildman–Crippen MR) is 249 cm³/mol. The fraction of sp³-hybridized carbons (Fsp3) is 0.161. The Balaban J connectivity index is 0.921. The molecule has 0 aromatic heterocycles. The lowest BCUT2D eigenvalue weighted by atomic mass is 9.43. The van der Waals surface area contributed by atoms with Gasteiger partial charge in [-0.25, -0.2) is 0 Å². The van der Waals surface area contributed by atoms with Crippen LogP contribution in [0.15, 0.2) is 201 Å². The van der Waals surface area contributed by atoms with Crippen LogP contribution in [-0.4, -0.2) is 34.7 Å². The zero-order valence-corrected chi connectivity index (χ0v) is 36.1. The maximum atomic E-state index is 16.3. The highest BCUT2D eigenvalue weighted by Gasteiger charge is 2.68. The number of hydrogen-bond donors (Lipinski definition) is 0. The van der Waals surface area contributed by atoms with Crippen molar-refractivity contribution in [1.29, 1.82) is 0 Å². The predicted octanol–water partition coefficient (Wildman–Crippen LogP) is 9.29. The molecule has 6 heteroatoms. The van der Waals surface area contributed by atoms with Crippen molar-refractivity contribution in [3.8, 4) is 0 Å². The SMILES string of the molecule is O=C1C2=C(C(=O)C3=C1C1c4ccccc4C3c3ccccc31)C1C3=C(C(=O)C4=C(C3=O)C3c5ccccc5C4c4ccccc43)C2C2=C1C(=O)[C@H]1C3c4ccccc4C(c4ccccc43)[C@H]1C2=O. The average Bonchev–Trinajstić information content (AvgIpc) is 3.39. The number of allylic oxidation sites excluding steroid dienone is 10. The van der Waals surface area contributed by atoms with Crippen molar-refractivity contribution in [2.75, 3.05) is 0 Å². The molecule has 0 aliphatic heterocycles. The first-order chi connectivity index (χ1) is 33.4. The minimum absolute atomic E-state index is 0.104. The van der Waals surface area contributed by atoms with Gasteiger partial charge in [-0.3, -0.25) is 28.8 Å². The number of hydrogen-bond acceptors (Lipinski definition) is 6. The van der Waals surface area contributed by atoms with Crippen LogP contribution in [0.3, 0.4) is 0 Å². The van der Waals surface area contributed by atoms with E-state index in [1.807, 2.05) is 121 Å². The van der Waals surface area contributed by atoms with Gasteiger partial charge in [-0.2, -0.15) is 0 Å². The molecule has 6 nitrogen and oxygen atoms in total. The minimum Gasteiger partial charge on any atom is -0.294 e. The summed E-state index contributed by atoms with van der Waals surface area (Å²) in [6.07, 6.45) is 0. The second-order valence-corrected chi connectivity index (χ2v) is 20.6. The van der Waals surface area contributed by atoms with Gasteiger partial charge >= 0.3 is 0 Å². The Morgan fingerprint density at radius 3 is 0.588 bits per heavy atom. The summed E-state index contributed by atoms with van der Waals surface area (Å²) in [5.74, 6) is -9.42. The van der Waals surface area contributed by atoms with E-state index in [-0.39, 0.29) is 68.1 Å². The molecule has 0 heterocycles. The fourth-order valence-corrected chi connectivity index (χ4v) is 16.3. The summed E-state index contributed by atoms with van der Waals surface area (Å²) in [6.45, 7) is 0. The molecule has 68 heavy (non-hydrogen) atoms. The second kappa shape index (κ2) is 11.8. The molecule has 0 spiro atoms. The number of ketones is 6. The Hall–Kier alpha value is -7.96. The summed E-state index contributed by atoms with van der Waals surface area (Å²) >= 11 is 0. The van der Waals surface area contributed by atoms with Gasteiger partial charge < -0.3 is 0 Å². The molecule has 318 valence electrons. The molecule has 0 saturated heterocycles. The van der Waals surface area contributed by atoms with Crippen molar-refractivity contribution < 1.29 is 28.8 Å². The Labute approximate surface area is 389 Å². The van der Waals surface area contributed by atoms with E-state index in [0.29, 0.717) is 22.3 Å². The van der Waals surface area contributed by atoms with Crippen LogP contribution in [-0.2, 0) is 28.8 Å². The van der Waals surface area contributed by atoms with Crippen molar-refractivity contribution >= 4 is 34.7 Å². The van der Waals surface area contributed by atoms with Crippen LogP contribution >= 0.6 is 0 Å². The lowest BCUT2D eigenvalue weighted by Gasteiger charge is -2.56. The Morgan fingerprint density at radius 2 is 0.382 bits per heavy atom. The standard InChI is InChI=1S/C62H34O6/c63-57-45-37-25-13-1-2-14-26(25)38(28-16-4-3-15-27(28)37)46(45)58(64)52-44-55-53(59(65)47-39-29-17-5-9-21-33(29)41(49(47)61(55)67)34-22-10-6-18-30(34)39)43(51(52)57)54-56(44)62(68)50-42-35-23-11-7-19-31(35)40(48(50)60(54)66)32-20-8-12-24-36(32)42/h1-24,37-46H/t37?,38?,39?,40?,41?,42?,43?,44?,45-,46+. The number of carbonyl (C=O) groups is 6. The summed E-state index contributed by atoms with van der Waals surface area (Å²) in [6, 6.07) is 48.1. The number of rotatable bonds is 0. The maximum Gasteiger partial charge on any atom is 0.187 e. The smallest absolute Gasteiger partial charge is 0.187 e. The molecule has 2 atom stereocenters. The molecular formula is C62H34O6. The Morgan fingerprint density at radius 1 is 0.206 bits per heavy atom. The summed E-state index contributed by atoms with van der Waals surface area (Å²) in [5.41, 5.74) is 13.9. The highest BCUT2D eigenvalue weighted by atomic mass is 16.2.